The van der Waals surface area contributed by atoms with Gasteiger partial charge in [-0.25, -0.2) is 0 Å². The third-order valence-corrected chi connectivity index (χ3v) is 29.5. The predicted octanol–water partition coefficient (Wildman–Crippen LogP) is 13.2. The monoisotopic (exact) mass is 859 g/mol. The van der Waals surface area contributed by atoms with Crippen molar-refractivity contribution >= 4 is 54.0 Å². The van der Waals surface area contributed by atoms with E-state index in [4.69, 9.17) is 19.4 Å². The molecule has 11 heteroatoms. The first kappa shape index (κ1) is 41.4. The molecule has 0 atom stereocenters. The van der Waals surface area contributed by atoms with E-state index < -0.39 is 26.4 Å². The van der Waals surface area contributed by atoms with Gasteiger partial charge in [-0.3, -0.25) is 0 Å². The molecule has 1 aliphatic heterocycles. The Morgan fingerprint density at radius 1 is 0.569 bits per heavy atom. The summed E-state index contributed by atoms with van der Waals surface area (Å²) in [4.78, 5) is 5.24. The predicted molar refractivity (Wildman–Crippen MR) is 218 cm³/mol. The molecule has 3 saturated carbocycles. The molecule has 0 radical (unpaired) electrons. The van der Waals surface area contributed by atoms with Crippen LogP contribution in [0, 0.1) is 41.5 Å². The van der Waals surface area contributed by atoms with Gasteiger partial charge in [0.25, 0.3) is 0 Å². The molecular weight excluding hydrogens is 798 g/mol. The summed E-state index contributed by atoms with van der Waals surface area (Å²) in [5.74, 6) is 0. The van der Waals surface area contributed by atoms with Gasteiger partial charge < -0.3 is 17.3 Å². The van der Waals surface area contributed by atoms with Gasteiger partial charge in [0, 0.05) is 0 Å². The van der Waals surface area contributed by atoms with Crippen LogP contribution in [0.15, 0.2) is 24.3 Å². The van der Waals surface area contributed by atoms with Crippen molar-refractivity contribution in [2.45, 2.75) is 155 Å². The van der Waals surface area contributed by atoms with E-state index in [0.717, 1.165) is 30.1 Å². The third-order valence-electron chi connectivity index (χ3n) is 12.2. The molecule has 3 aliphatic carbocycles. The van der Waals surface area contributed by atoms with Gasteiger partial charge in [-0.15, -0.1) is 0 Å². The van der Waals surface area contributed by atoms with Gasteiger partial charge in [-0.1, -0.05) is 0 Å². The van der Waals surface area contributed by atoms with Crippen LogP contribution >= 0.6 is 26.6 Å². The summed E-state index contributed by atoms with van der Waals surface area (Å²) in [6.07, 6.45) is 21.3. The van der Waals surface area contributed by atoms with Gasteiger partial charge in [-0.05, 0) is 0 Å². The number of aryl methyl sites for hydroxylation is 6. The fraction of sp³-hybridized carbons (Fsp3) is 0.650. The van der Waals surface area contributed by atoms with Gasteiger partial charge in [0.05, 0.1) is 0 Å². The minimum Gasteiger partial charge on any atom is -0.418 e. The van der Waals surface area contributed by atoms with Crippen LogP contribution < -0.4 is 9.80 Å². The first-order valence-corrected chi connectivity index (χ1v) is 28.1. The number of rotatable bonds is 6. The van der Waals surface area contributed by atoms with Gasteiger partial charge in [0.1, 0.15) is 0 Å². The van der Waals surface area contributed by atoms with Crippen molar-refractivity contribution in [2.24, 2.45) is 0 Å². The van der Waals surface area contributed by atoms with E-state index in [0.29, 0.717) is 0 Å². The molecule has 6 rings (SSSR count). The molecule has 0 bridgehead atoms. The Labute approximate surface area is 316 Å². The molecule has 294 valence electrons. The molecular formula is C40H61BCl2F4N2PRu-5. The Bertz CT molecular complexity index is 1480. The first-order chi connectivity index (χ1) is 24.0. The maximum Gasteiger partial charge on any atom is 0.673 e. The van der Waals surface area contributed by atoms with Crippen molar-refractivity contribution in [1.29, 1.82) is 0 Å². The van der Waals surface area contributed by atoms with Gasteiger partial charge in [-0.2, -0.15) is 0 Å². The zero-order chi connectivity index (χ0) is 37.1. The quantitative estimate of drug-likeness (QED) is 0.162. The fourth-order valence-electron chi connectivity index (χ4n) is 10.7. The number of halogens is 6. The van der Waals surface area contributed by atoms with Crippen molar-refractivity contribution in [3.8, 4) is 0 Å². The average molecular weight is 860 g/mol. The maximum atomic E-state index is 9.75. The Balaban J connectivity index is 0.000000943. The SMILES string of the molecule is Cc1cc(C)c(N2CCN(c3c(C)cc(C)cc3C)[C]2=[Ru-4]([Cl])([Cl])=[CH][PH](C2CCCCC2)(C2CCCCC2)C2CCCCC2)c(C)c1.F[B-](F)(F)F. The molecule has 4 fully saturated rings. The molecule has 2 aromatic carbocycles. The van der Waals surface area contributed by atoms with Crippen molar-refractivity contribution in [1.82, 2.24) is 0 Å². The number of nitrogens with zero attached hydrogens (tertiary/aromatic N) is 2. The van der Waals surface area contributed by atoms with E-state index in [1.165, 1.54) is 145 Å². The van der Waals surface area contributed by atoms with Gasteiger partial charge in [0.2, 0.25) is 0 Å². The van der Waals surface area contributed by atoms with Gasteiger partial charge >= 0.3 is 301 Å². The Morgan fingerprint density at radius 3 is 1.12 bits per heavy atom. The van der Waals surface area contributed by atoms with Crippen LogP contribution in [0.3, 0.4) is 0 Å². The minimum absolute atomic E-state index is 0.861. The molecule has 0 N–H and O–H groups in total. The zero-order valence-corrected chi connectivity index (χ0v) is 36.0. The summed E-state index contributed by atoms with van der Waals surface area (Å²) >= 11 is -3.58. The van der Waals surface area contributed by atoms with Crippen molar-refractivity contribution in [3.05, 3.63) is 57.6 Å². The molecule has 0 spiro atoms. The summed E-state index contributed by atoms with van der Waals surface area (Å²) in [5.41, 5.74) is 13.3. The zero-order valence-electron chi connectivity index (χ0n) is 31.7. The summed E-state index contributed by atoms with van der Waals surface area (Å²) in [5, 5.41) is 0. The smallest absolute Gasteiger partial charge is 0.418 e. The molecule has 1 heterocycles. The molecule has 1 saturated heterocycles. The van der Waals surface area contributed by atoms with Crippen LogP contribution in [-0.2, 0) is 11.9 Å². The summed E-state index contributed by atoms with van der Waals surface area (Å²) in [7, 11) is 8.66. The Hall–Kier alpha value is -0.802. The van der Waals surface area contributed by atoms with Crippen LogP contribution in [0.25, 0.3) is 0 Å². The van der Waals surface area contributed by atoms with E-state index in [-0.39, 0.29) is 0 Å². The topological polar surface area (TPSA) is 6.48 Å². The molecule has 2 nitrogen and oxygen atoms in total. The Morgan fingerprint density at radius 2 is 0.843 bits per heavy atom. The largest absolute Gasteiger partial charge is 0.673 e. The Kier molecular flexibility index (Phi) is 14.1. The van der Waals surface area contributed by atoms with Crippen LogP contribution in [0.1, 0.15) is 130 Å². The van der Waals surface area contributed by atoms with Crippen molar-refractivity contribution in [3.63, 3.8) is 0 Å². The molecule has 0 aromatic heterocycles. The fourth-order valence-corrected chi connectivity index (χ4v) is 34.1. The van der Waals surface area contributed by atoms with Gasteiger partial charge in [0.15, 0.2) is 0 Å². The molecule has 4 aliphatic rings. The average Bonchev–Trinajstić information content (AvgIpc) is 3.48. The number of benzene rings is 2. The van der Waals surface area contributed by atoms with E-state index in [1.807, 2.05) is 0 Å². The van der Waals surface area contributed by atoms with Crippen molar-refractivity contribution in [2.75, 3.05) is 22.9 Å². The number of hydrogen-bond acceptors (Lipinski definition) is 2. The third kappa shape index (κ3) is 9.72. The minimum atomic E-state index is -6.00. The summed E-state index contributed by atoms with van der Waals surface area (Å²) in [6.45, 7) is 15.5. The van der Waals surface area contributed by atoms with Crippen LogP contribution in [-0.4, -0.2) is 46.0 Å². The second-order valence-electron chi connectivity index (χ2n) is 16.1. The normalized spacial score (nSPS) is 21.1. The number of hydrogen-bond donors (Lipinski definition) is 0. The summed E-state index contributed by atoms with van der Waals surface area (Å²) < 4.78 is 43.2. The van der Waals surface area contributed by atoms with Crippen LogP contribution in [0.5, 0.6) is 0 Å². The van der Waals surface area contributed by atoms with Crippen LogP contribution in [0.4, 0.5) is 28.6 Å². The van der Waals surface area contributed by atoms with E-state index in [9.17, 15) is 17.3 Å². The second kappa shape index (κ2) is 17.3. The standard InChI is InChI=1S/C21H26N2.C19H35P.BF4.2ClH.Ru/c1-14-9-16(3)20(17(4)10-14)22-7-8-23(13-22)21-18(5)11-15(2)12-19(21)6;1-20(17-11-5-2-6-12-17,18-13-7-3-8-14-18)19-15-9-4-10-16-19;2-1(3,4)5;;;/h9-12H,7-8H2,1-6H3;1,17-20H,2-16H2;;2*1H;/q;;-1;;;-2/p-2. The second-order valence-corrected chi connectivity index (χ2v) is 31.0. The first-order valence-electron chi connectivity index (χ1n) is 19.5. The molecule has 0 amide bonds. The molecule has 51 heavy (non-hydrogen) atoms. The van der Waals surface area contributed by atoms with E-state index in [2.05, 4.69) is 80.0 Å². The molecule has 0 unspecified atom stereocenters. The van der Waals surface area contributed by atoms with Crippen molar-refractivity contribution < 1.29 is 29.2 Å². The number of anilines is 2. The van der Waals surface area contributed by atoms with E-state index >= 15 is 0 Å². The van der Waals surface area contributed by atoms with E-state index in [1.54, 1.807) is 0 Å². The summed E-state index contributed by atoms with van der Waals surface area (Å²) in [6, 6.07) is 9.42. The van der Waals surface area contributed by atoms with Crippen LogP contribution in [0.2, 0.25) is 0 Å². The molecule has 2 aromatic rings. The maximum absolute atomic E-state index is 9.75.